The smallest absolute Gasteiger partial charge is 0.0812 e. The first kappa shape index (κ1) is 4.77. The van der Waals surface area contributed by atoms with Crippen molar-refractivity contribution in [2.45, 2.75) is 30.9 Å². The second-order valence-corrected chi connectivity index (χ2v) is 2.90. The van der Waals surface area contributed by atoms with E-state index in [0.29, 0.717) is 6.04 Å². The highest BCUT2D eigenvalue weighted by Gasteiger charge is 2.48. The highest BCUT2D eigenvalue weighted by atomic mass is 16.3. The van der Waals surface area contributed by atoms with Gasteiger partial charge >= 0.3 is 0 Å². The van der Waals surface area contributed by atoms with Crippen LogP contribution in [0, 0.1) is 0 Å². The summed E-state index contributed by atoms with van der Waals surface area (Å²) in [6.45, 7) is 1.02. The minimum atomic E-state index is -0.278. The van der Waals surface area contributed by atoms with Gasteiger partial charge in [0.2, 0.25) is 0 Å². The highest BCUT2D eigenvalue weighted by molar-refractivity contribution is 5.05. The lowest BCUT2D eigenvalue weighted by atomic mass is 9.76. The number of rotatable bonds is 0. The SMILES string of the molecule is OC12CCNC1CC2. The fourth-order valence-electron chi connectivity index (χ4n) is 1.68. The van der Waals surface area contributed by atoms with E-state index < -0.39 is 0 Å². The van der Waals surface area contributed by atoms with Crippen LogP contribution in [0.15, 0.2) is 0 Å². The third kappa shape index (κ3) is 0.400. The van der Waals surface area contributed by atoms with E-state index in [9.17, 15) is 5.11 Å². The van der Waals surface area contributed by atoms with Gasteiger partial charge in [0.15, 0.2) is 0 Å². The standard InChI is InChI=1S/C6H11NO/c8-6-2-1-5(6)7-4-3-6/h5,7-8H,1-4H2. The third-order valence-electron chi connectivity index (χ3n) is 2.46. The van der Waals surface area contributed by atoms with Crippen LogP contribution in [-0.4, -0.2) is 23.3 Å². The maximum Gasteiger partial charge on any atom is 0.0812 e. The molecule has 1 heterocycles. The van der Waals surface area contributed by atoms with E-state index in [-0.39, 0.29) is 5.60 Å². The lowest BCUT2D eigenvalue weighted by Gasteiger charge is -2.39. The van der Waals surface area contributed by atoms with Crippen LogP contribution in [-0.2, 0) is 0 Å². The van der Waals surface area contributed by atoms with Gasteiger partial charge in [0, 0.05) is 6.04 Å². The molecule has 0 aromatic heterocycles. The molecule has 1 aliphatic heterocycles. The highest BCUT2D eigenvalue weighted by Crippen LogP contribution is 2.38. The van der Waals surface area contributed by atoms with Gasteiger partial charge in [-0.2, -0.15) is 0 Å². The molecule has 2 atom stereocenters. The molecule has 2 nitrogen and oxygen atoms in total. The zero-order chi connectivity index (χ0) is 5.61. The minimum Gasteiger partial charge on any atom is -0.388 e. The fourth-order valence-corrected chi connectivity index (χ4v) is 1.68. The van der Waals surface area contributed by atoms with Gasteiger partial charge < -0.3 is 10.4 Å². The first-order valence-electron chi connectivity index (χ1n) is 3.27. The Bertz CT molecular complexity index is 115. The second-order valence-electron chi connectivity index (χ2n) is 2.90. The number of nitrogens with one attached hydrogen (secondary N) is 1. The molecule has 2 unspecified atom stereocenters. The van der Waals surface area contributed by atoms with Crippen molar-refractivity contribution >= 4 is 0 Å². The predicted octanol–water partition coefficient (Wildman–Crippen LogP) is -0.127. The molecule has 46 valence electrons. The van der Waals surface area contributed by atoms with Crippen LogP contribution in [0.3, 0.4) is 0 Å². The second kappa shape index (κ2) is 1.25. The quantitative estimate of drug-likeness (QED) is 0.459. The first-order chi connectivity index (χ1) is 3.81. The predicted molar refractivity (Wildman–Crippen MR) is 30.6 cm³/mol. The van der Waals surface area contributed by atoms with Crippen LogP contribution in [0.25, 0.3) is 0 Å². The summed E-state index contributed by atoms with van der Waals surface area (Å²) in [5.74, 6) is 0. The maximum absolute atomic E-state index is 9.49. The van der Waals surface area contributed by atoms with Gasteiger partial charge in [0.05, 0.1) is 5.60 Å². The van der Waals surface area contributed by atoms with Crippen molar-refractivity contribution in [3.8, 4) is 0 Å². The summed E-state index contributed by atoms with van der Waals surface area (Å²) in [6, 6.07) is 0.447. The maximum atomic E-state index is 9.49. The van der Waals surface area contributed by atoms with Gasteiger partial charge in [-0.3, -0.25) is 0 Å². The van der Waals surface area contributed by atoms with Crippen LogP contribution in [0.4, 0.5) is 0 Å². The summed E-state index contributed by atoms with van der Waals surface area (Å²) in [4.78, 5) is 0. The Balaban J connectivity index is 2.14. The molecule has 1 saturated carbocycles. The molecule has 1 saturated heterocycles. The van der Waals surface area contributed by atoms with E-state index in [1.165, 1.54) is 6.42 Å². The van der Waals surface area contributed by atoms with Crippen LogP contribution < -0.4 is 5.32 Å². The Morgan fingerprint density at radius 2 is 2.38 bits per heavy atom. The molecule has 0 bridgehead atoms. The molecule has 0 aromatic carbocycles. The molecule has 2 rings (SSSR count). The Hall–Kier alpha value is -0.0800. The minimum absolute atomic E-state index is 0.278. The van der Waals surface area contributed by atoms with Crippen LogP contribution in [0.1, 0.15) is 19.3 Å². The van der Waals surface area contributed by atoms with Crippen molar-refractivity contribution < 1.29 is 5.11 Å². The van der Waals surface area contributed by atoms with Crippen molar-refractivity contribution in [2.24, 2.45) is 0 Å². The molecule has 2 heteroatoms. The van der Waals surface area contributed by atoms with E-state index in [2.05, 4.69) is 5.32 Å². The summed E-state index contributed by atoms with van der Waals surface area (Å²) in [5, 5.41) is 12.7. The zero-order valence-electron chi connectivity index (χ0n) is 4.85. The Morgan fingerprint density at radius 1 is 1.50 bits per heavy atom. The normalized spacial score (nSPS) is 52.9. The average Bonchev–Trinajstić information content (AvgIpc) is 1.94. The van der Waals surface area contributed by atoms with Crippen LogP contribution in [0.5, 0.6) is 0 Å². The summed E-state index contributed by atoms with van der Waals surface area (Å²) in [7, 11) is 0. The van der Waals surface area contributed by atoms with Gasteiger partial charge in [-0.1, -0.05) is 0 Å². The molecule has 0 aromatic rings. The van der Waals surface area contributed by atoms with Gasteiger partial charge in [-0.15, -0.1) is 0 Å². The van der Waals surface area contributed by atoms with Gasteiger partial charge in [-0.05, 0) is 25.8 Å². The lowest BCUT2D eigenvalue weighted by molar-refractivity contribution is -0.0404. The topological polar surface area (TPSA) is 32.3 Å². The van der Waals surface area contributed by atoms with Crippen molar-refractivity contribution in [1.82, 2.24) is 5.32 Å². The summed E-state index contributed by atoms with van der Waals surface area (Å²) >= 11 is 0. The molecular formula is C6H11NO. The molecule has 0 spiro atoms. The van der Waals surface area contributed by atoms with Crippen molar-refractivity contribution in [3.05, 3.63) is 0 Å². The molecule has 1 aliphatic carbocycles. The molecule has 0 amide bonds. The van der Waals surface area contributed by atoms with Crippen LogP contribution in [0.2, 0.25) is 0 Å². The van der Waals surface area contributed by atoms with Crippen molar-refractivity contribution in [1.29, 1.82) is 0 Å². The lowest BCUT2D eigenvalue weighted by Crippen LogP contribution is -2.51. The first-order valence-corrected chi connectivity index (χ1v) is 3.27. The third-order valence-corrected chi connectivity index (χ3v) is 2.46. The summed E-state index contributed by atoms with van der Waals surface area (Å²) < 4.78 is 0. The van der Waals surface area contributed by atoms with E-state index in [1.54, 1.807) is 0 Å². The van der Waals surface area contributed by atoms with Crippen LogP contribution >= 0.6 is 0 Å². The Morgan fingerprint density at radius 3 is 2.62 bits per heavy atom. The van der Waals surface area contributed by atoms with E-state index in [1.807, 2.05) is 0 Å². The van der Waals surface area contributed by atoms with Gasteiger partial charge in [0.1, 0.15) is 0 Å². The monoisotopic (exact) mass is 113 g/mol. The average molecular weight is 113 g/mol. The fraction of sp³-hybridized carbons (Fsp3) is 1.00. The van der Waals surface area contributed by atoms with Gasteiger partial charge in [0.25, 0.3) is 0 Å². The van der Waals surface area contributed by atoms with Crippen molar-refractivity contribution in [3.63, 3.8) is 0 Å². The van der Waals surface area contributed by atoms with E-state index in [4.69, 9.17) is 0 Å². The number of hydrogen-bond donors (Lipinski definition) is 2. The number of hydrogen-bond acceptors (Lipinski definition) is 2. The Labute approximate surface area is 48.9 Å². The molecule has 0 radical (unpaired) electrons. The summed E-state index contributed by atoms with van der Waals surface area (Å²) in [6.07, 6.45) is 3.17. The Kier molecular flexibility index (Phi) is 0.746. The number of fused-ring (bicyclic) bond motifs is 1. The molecule has 2 fully saturated rings. The summed E-state index contributed by atoms with van der Waals surface area (Å²) in [5.41, 5.74) is -0.278. The van der Waals surface area contributed by atoms with E-state index in [0.717, 1.165) is 19.4 Å². The number of aliphatic hydroxyl groups is 1. The zero-order valence-corrected chi connectivity index (χ0v) is 4.85. The molecule has 8 heavy (non-hydrogen) atoms. The van der Waals surface area contributed by atoms with Crippen molar-refractivity contribution in [2.75, 3.05) is 6.54 Å². The molecule has 2 N–H and O–H groups in total. The molecule has 2 aliphatic rings. The largest absolute Gasteiger partial charge is 0.388 e. The van der Waals surface area contributed by atoms with Gasteiger partial charge in [-0.25, -0.2) is 0 Å². The molecular weight excluding hydrogens is 102 g/mol. The van der Waals surface area contributed by atoms with E-state index >= 15 is 0 Å².